The number of nitrogens with two attached hydrogens (primary N) is 1. The lowest BCUT2D eigenvalue weighted by Crippen LogP contribution is -2.16. The minimum Gasteiger partial charge on any atom is -0.368 e. The Morgan fingerprint density at radius 3 is 3.06 bits per heavy atom. The van der Waals surface area contributed by atoms with Gasteiger partial charge in [0.15, 0.2) is 0 Å². The van der Waals surface area contributed by atoms with Crippen LogP contribution in [0.5, 0.6) is 0 Å². The largest absolute Gasteiger partial charge is 0.368 e. The highest BCUT2D eigenvalue weighted by Crippen LogP contribution is 2.26. The first-order valence-corrected chi connectivity index (χ1v) is 6.36. The fraction of sp³-hybridized carbons (Fsp3) is 0.455. The van der Waals surface area contributed by atoms with Crippen molar-refractivity contribution in [3.63, 3.8) is 0 Å². The van der Waals surface area contributed by atoms with Crippen molar-refractivity contribution in [1.82, 2.24) is 9.97 Å². The monoisotopic (exact) mass is 236 g/mol. The smallest absolute Gasteiger partial charge is 0.223 e. The number of anilines is 2. The summed E-state index contributed by atoms with van der Waals surface area (Å²) in [4.78, 5) is 9.40. The van der Waals surface area contributed by atoms with Gasteiger partial charge in [-0.1, -0.05) is 13.3 Å². The molecule has 2 rings (SSSR count). The lowest BCUT2D eigenvalue weighted by molar-refractivity contribution is 0.688. The van der Waals surface area contributed by atoms with Gasteiger partial charge in [-0.25, -0.2) is 4.98 Å². The topological polar surface area (TPSA) is 63.8 Å². The Labute approximate surface area is 98.9 Å². The number of nitrogen functional groups attached to an aromatic ring is 1. The van der Waals surface area contributed by atoms with Crippen LogP contribution in [0.25, 0.3) is 10.2 Å². The van der Waals surface area contributed by atoms with Gasteiger partial charge in [-0.3, -0.25) is 0 Å². The van der Waals surface area contributed by atoms with E-state index in [0.717, 1.165) is 28.9 Å². The van der Waals surface area contributed by atoms with Crippen molar-refractivity contribution in [2.45, 2.75) is 32.7 Å². The first-order valence-electron chi connectivity index (χ1n) is 5.48. The SMILES string of the molecule is CCCC(C)Nc1nc(N)nc2sccc12. The molecule has 0 fully saturated rings. The number of aromatic nitrogens is 2. The lowest BCUT2D eigenvalue weighted by atomic mass is 10.2. The van der Waals surface area contributed by atoms with Crippen molar-refractivity contribution in [2.24, 2.45) is 0 Å². The van der Waals surface area contributed by atoms with E-state index in [0.29, 0.717) is 12.0 Å². The molecule has 0 aliphatic heterocycles. The van der Waals surface area contributed by atoms with Gasteiger partial charge in [-0.05, 0) is 24.8 Å². The lowest BCUT2D eigenvalue weighted by Gasteiger charge is -2.14. The predicted molar refractivity (Wildman–Crippen MR) is 69.8 cm³/mol. The summed E-state index contributed by atoms with van der Waals surface area (Å²) < 4.78 is 0. The molecule has 2 aromatic rings. The number of hydrogen-bond donors (Lipinski definition) is 2. The highest BCUT2D eigenvalue weighted by molar-refractivity contribution is 7.16. The number of nitrogens with zero attached hydrogens (tertiary/aromatic N) is 2. The summed E-state index contributed by atoms with van der Waals surface area (Å²) in [5.74, 6) is 1.19. The van der Waals surface area contributed by atoms with Gasteiger partial charge in [0.2, 0.25) is 5.95 Å². The average molecular weight is 236 g/mol. The third-order valence-corrected chi connectivity index (χ3v) is 3.25. The van der Waals surface area contributed by atoms with Gasteiger partial charge in [0, 0.05) is 6.04 Å². The molecule has 2 aromatic heterocycles. The zero-order chi connectivity index (χ0) is 11.5. The van der Waals surface area contributed by atoms with Crippen molar-refractivity contribution >= 4 is 33.3 Å². The quantitative estimate of drug-likeness (QED) is 0.856. The van der Waals surface area contributed by atoms with Gasteiger partial charge in [-0.2, -0.15) is 4.98 Å². The van der Waals surface area contributed by atoms with E-state index in [1.54, 1.807) is 11.3 Å². The maximum atomic E-state index is 5.68. The molecule has 0 amide bonds. The van der Waals surface area contributed by atoms with Crippen LogP contribution in [0.3, 0.4) is 0 Å². The first-order chi connectivity index (χ1) is 7.70. The maximum absolute atomic E-state index is 5.68. The standard InChI is InChI=1S/C11H16N4S/c1-3-4-7(2)13-9-8-5-6-16-10(8)15-11(12)14-9/h5-7H,3-4H2,1-2H3,(H3,12,13,14,15). The molecule has 0 spiro atoms. The predicted octanol–water partition coefficient (Wildman–Crippen LogP) is 2.87. The Kier molecular flexibility index (Phi) is 3.24. The summed E-state index contributed by atoms with van der Waals surface area (Å²) >= 11 is 1.58. The summed E-state index contributed by atoms with van der Waals surface area (Å²) in [7, 11) is 0. The second-order valence-electron chi connectivity index (χ2n) is 3.90. The summed E-state index contributed by atoms with van der Waals surface area (Å²) in [6.07, 6.45) is 2.27. The van der Waals surface area contributed by atoms with Crippen LogP contribution in [0, 0.1) is 0 Å². The number of fused-ring (bicyclic) bond motifs is 1. The molecule has 86 valence electrons. The average Bonchev–Trinajstić information content (AvgIpc) is 2.65. The molecule has 0 radical (unpaired) electrons. The Balaban J connectivity index is 2.31. The molecule has 4 nitrogen and oxygen atoms in total. The molecule has 0 saturated carbocycles. The second-order valence-corrected chi connectivity index (χ2v) is 4.80. The minimum absolute atomic E-state index is 0.334. The molecule has 2 heterocycles. The number of hydrogen-bond acceptors (Lipinski definition) is 5. The summed E-state index contributed by atoms with van der Waals surface area (Å²) in [5.41, 5.74) is 5.68. The van der Waals surface area contributed by atoms with Crippen molar-refractivity contribution < 1.29 is 0 Å². The van der Waals surface area contributed by atoms with Crippen LogP contribution in [-0.2, 0) is 0 Å². The van der Waals surface area contributed by atoms with E-state index in [2.05, 4.69) is 29.1 Å². The Morgan fingerprint density at radius 1 is 1.50 bits per heavy atom. The Morgan fingerprint density at radius 2 is 2.31 bits per heavy atom. The van der Waals surface area contributed by atoms with Crippen molar-refractivity contribution in [3.05, 3.63) is 11.4 Å². The van der Waals surface area contributed by atoms with Gasteiger partial charge in [0.25, 0.3) is 0 Å². The highest BCUT2D eigenvalue weighted by atomic mass is 32.1. The van der Waals surface area contributed by atoms with E-state index in [1.165, 1.54) is 0 Å². The van der Waals surface area contributed by atoms with Gasteiger partial charge in [-0.15, -0.1) is 11.3 Å². The van der Waals surface area contributed by atoms with E-state index >= 15 is 0 Å². The Hall–Kier alpha value is -1.36. The van der Waals surface area contributed by atoms with E-state index in [1.807, 2.05) is 11.4 Å². The molecule has 0 saturated heterocycles. The van der Waals surface area contributed by atoms with Crippen LogP contribution in [0.15, 0.2) is 11.4 Å². The van der Waals surface area contributed by atoms with Gasteiger partial charge >= 0.3 is 0 Å². The van der Waals surface area contributed by atoms with E-state index in [4.69, 9.17) is 5.73 Å². The number of thiophene rings is 1. The molecule has 1 unspecified atom stereocenters. The van der Waals surface area contributed by atoms with Crippen LogP contribution < -0.4 is 11.1 Å². The van der Waals surface area contributed by atoms with Crippen molar-refractivity contribution in [2.75, 3.05) is 11.1 Å². The molecule has 0 aromatic carbocycles. The molecule has 0 bridgehead atoms. The van der Waals surface area contributed by atoms with Crippen LogP contribution in [0.4, 0.5) is 11.8 Å². The second kappa shape index (κ2) is 4.65. The van der Waals surface area contributed by atoms with Crippen molar-refractivity contribution in [3.8, 4) is 0 Å². The van der Waals surface area contributed by atoms with E-state index in [9.17, 15) is 0 Å². The van der Waals surface area contributed by atoms with Crippen molar-refractivity contribution in [1.29, 1.82) is 0 Å². The highest BCUT2D eigenvalue weighted by Gasteiger charge is 2.09. The van der Waals surface area contributed by atoms with Gasteiger partial charge in [0.05, 0.1) is 5.39 Å². The van der Waals surface area contributed by atoms with Crippen LogP contribution in [0.2, 0.25) is 0 Å². The molecule has 1 atom stereocenters. The molecule has 0 aliphatic carbocycles. The molecular formula is C11H16N4S. The fourth-order valence-electron chi connectivity index (χ4n) is 1.72. The molecule has 5 heteroatoms. The van der Waals surface area contributed by atoms with E-state index < -0.39 is 0 Å². The zero-order valence-electron chi connectivity index (χ0n) is 9.53. The minimum atomic E-state index is 0.334. The third kappa shape index (κ3) is 2.24. The zero-order valence-corrected chi connectivity index (χ0v) is 10.3. The number of nitrogens with one attached hydrogen (secondary N) is 1. The van der Waals surface area contributed by atoms with E-state index in [-0.39, 0.29) is 0 Å². The third-order valence-electron chi connectivity index (χ3n) is 2.45. The molecule has 0 aliphatic rings. The summed E-state index contributed by atoms with van der Waals surface area (Å²) in [6, 6.07) is 2.43. The summed E-state index contributed by atoms with van der Waals surface area (Å²) in [6.45, 7) is 4.33. The maximum Gasteiger partial charge on any atom is 0.223 e. The molecule has 16 heavy (non-hydrogen) atoms. The Bertz CT molecular complexity index is 480. The summed E-state index contributed by atoms with van der Waals surface area (Å²) in [5, 5.41) is 6.45. The van der Waals surface area contributed by atoms with Gasteiger partial charge < -0.3 is 11.1 Å². The van der Waals surface area contributed by atoms with Crippen LogP contribution >= 0.6 is 11.3 Å². The normalized spacial score (nSPS) is 12.9. The van der Waals surface area contributed by atoms with Gasteiger partial charge in [0.1, 0.15) is 10.6 Å². The first kappa shape index (κ1) is 11.1. The van der Waals surface area contributed by atoms with Crippen LogP contribution in [-0.4, -0.2) is 16.0 Å². The fourth-order valence-corrected chi connectivity index (χ4v) is 2.49. The van der Waals surface area contributed by atoms with Crippen LogP contribution in [0.1, 0.15) is 26.7 Å². The number of rotatable bonds is 4. The molecular weight excluding hydrogens is 220 g/mol. The molecule has 3 N–H and O–H groups in total.